The largest absolute Gasteiger partial charge is 0.357 e. The van der Waals surface area contributed by atoms with Crippen molar-refractivity contribution in [2.45, 2.75) is 26.3 Å². The molecule has 0 radical (unpaired) electrons. The quantitative estimate of drug-likeness (QED) is 0.361. The average molecular weight is 391 g/mol. The molecule has 1 aromatic heterocycles. The fourth-order valence-corrected chi connectivity index (χ4v) is 2.51. The Morgan fingerprint density at radius 2 is 1.96 bits per heavy atom. The van der Waals surface area contributed by atoms with Crippen molar-refractivity contribution in [1.82, 2.24) is 26.1 Å². The van der Waals surface area contributed by atoms with E-state index in [1.165, 1.54) is 0 Å². The van der Waals surface area contributed by atoms with E-state index in [1.54, 1.807) is 12.1 Å². The van der Waals surface area contributed by atoms with Gasteiger partial charge < -0.3 is 20.5 Å². The van der Waals surface area contributed by atoms with Crippen LogP contribution in [-0.2, 0) is 11.3 Å². The predicted molar refractivity (Wildman–Crippen MR) is 103 cm³/mol. The Hall–Kier alpha value is -2.61. The van der Waals surface area contributed by atoms with Crippen molar-refractivity contribution in [2.75, 3.05) is 19.6 Å². The molecule has 1 fully saturated rings. The summed E-state index contributed by atoms with van der Waals surface area (Å²) in [5, 5.41) is 13.8. The van der Waals surface area contributed by atoms with Gasteiger partial charge in [-0.2, -0.15) is 4.98 Å². The van der Waals surface area contributed by atoms with Gasteiger partial charge in [0.05, 0.1) is 0 Å². The number of aromatic nitrogens is 2. The van der Waals surface area contributed by atoms with Crippen molar-refractivity contribution in [1.29, 1.82) is 0 Å². The molecule has 0 atom stereocenters. The molecule has 3 rings (SSSR count). The van der Waals surface area contributed by atoms with Crippen LogP contribution in [0.5, 0.6) is 0 Å². The predicted octanol–water partition coefficient (Wildman–Crippen LogP) is 1.97. The lowest BCUT2D eigenvalue weighted by Gasteiger charge is -2.11. The number of carbonyl (C=O) groups excluding carboxylic acids is 1. The first-order valence-corrected chi connectivity index (χ1v) is 9.42. The van der Waals surface area contributed by atoms with E-state index < -0.39 is 0 Å². The van der Waals surface area contributed by atoms with E-state index in [9.17, 15) is 4.79 Å². The van der Waals surface area contributed by atoms with Gasteiger partial charge in [0.1, 0.15) is 6.54 Å². The van der Waals surface area contributed by atoms with Gasteiger partial charge in [-0.05, 0) is 44.0 Å². The molecule has 0 bridgehead atoms. The van der Waals surface area contributed by atoms with Gasteiger partial charge in [-0.3, -0.25) is 4.79 Å². The average Bonchev–Trinajstić information content (AvgIpc) is 3.42. The maximum absolute atomic E-state index is 11.6. The third kappa shape index (κ3) is 5.96. The van der Waals surface area contributed by atoms with Gasteiger partial charge in [0.15, 0.2) is 5.96 Å². The van der Waals surface area contributed by atoms with Crippen molar-refractivity contribution in [3.05, 3.63) is 35.2 Å². The summed E-state index contributed by atoms with van der Waals surface area (Å²) in [7, 11) is 0. The number of carbonyl (C=O) groups is 1. The normalized spacial score (nSPS) is 14.1. The van der Waals surface area contributed by atoms with Crippen molar-refractivity contribution in [3.8, 4) is 11.4 Å². The summed E-state index contributed by atoms with van der Waals surface area (Å²) in [6.45, 7) is 4.10. The van der Waals surface area contributed by atoms with Crippen LogP contribution in [0.3, 0.4) is 0 Å². The number of hydrogen-bond donors (Lipinski definition) is 3. The lowest BCUT2D eigenvalue weighted by Crippen LogP contribution is -2.41. The van der Waals surface area contributed by atoms with Crippen LogP contribution < -0.4 is 16.0 Å². The Morgan fingerprint density at radius 3 is 2.67 bits per heavy atom. The second-order valence-electron chi connectivity index (χ2n) is 6.21. The van der Waals surface area contributed by atoms with Crippen molar-refractivity contribution in [3.63, 3.8) is 0 Å². The lowest BCUT2D eigenvalue weighted by atomic mass is 10.2. The first-order chi connectivity index (χ1) is 13.2. The second kappa shape index (κ2) is 9.36. The van der Waals surface area contributed by atoms with Crippen LogP contribution in [0.4, 0.5) is 0 Å². The highest BCUT2D eigenvalue weighted by Gasteiger charge is 2.28. The molecule has 0 aliphatic heterocycles. The van der Waals surface area contributed by atoms with E-state index in [4.69, 9.17) is 16.1 Å². The van der Waals surface area contributed by atoms with Gasteiger partial charge in [-0.15, -0.1) is 0 Å². The zero-order valence-corrected chi connectivity index (χ0v) is 15.9. The Morgan fingerprint density at radius 1 is 1.22 bits per heavy atom. The fourth-order valence-electron chi connectivity index (χ4n) is 2.38. The minimum Gasteiger partial charge on any atom is -0.357 e. The zero-order chi connectivity index (χ0) is 19.1. The fraction of sp³-hybridized carbons (Fsp3) is 0.444. The molecule has 0 unspecified atom stereocenters. The Balaban J connectivity index is 1.50. The summed E-state index contributed by atoms with van der Waals surface area (Å²) in [6, 6.07) is 7.23. The minimum atomic E-state index is 0.138. The number of halogens is 1. The van der Waals surface area contributed by atoms with Gasteiger partial charge in [0, 0.05) is 36.1 Å². The SMILES string of the molecule is CCNC(=NCc1nc(-c2ccc(Cl)cc2)no1)NCCNC(=O)C1CC1. The van der Waals surface area contributed by atoms with Gasteiger partial charge in [-0.1, -0.05) is 16.8 Å². The first kappa shape index (κ1) is 19.2. The molecule has 1 amide bonds. The summed E-state index contributed by atoms with van der Waals surface area (Å²) in [5.41, 5.74) is 0.829. The molecule has 8 nitrogen and oxygen atoms in total. The van der Waals surface area contributed by atoms with Crippen LogP contribution >= 0.6 is 11.6 Å². The molecule has 1 aliphatic carbocycles. The topological polar surface area (TPSA) is 104 Å². The summed E-state index contributed by atoms with van der Waals surface area (Å²) in [5.74, 6) is 1.90. The molecule has 27 heavy (non-hydrogen) atoms. The monoisotopic (exact) mass is 390 g/mol. The molecule has 1 aromatic carbocycles. The molecular weight excluding hydrogens is 368 g/mol. The van der Waals surface area contributed by atoms with Crippen LogP contribution in [0.1, 0.15) is 25.7 Å². The van der Waals surface area contributed by atoms with E-state index in [-0.39, 0.29) is 18.4 Å². The van der Waals surface area contributed by atoms with Crippen LogP contribution in [-0.4, -0.2) is 41.6 Å². The van der Waals surface area contributed by atoms with Crippen LogP contribution in [0.2, 0.25) is 5.02 Å². The second-order valence-corrected chi connectivity index (χ2v) is 6.64. The number of rotatable bonds is 8. The molecule has 0 saturated heterocycles. The third-order valence-electron chi connectivity index (χ3n) is 3.95. The number of nitrogens with zero attached hydrogens (tertiary/aromatic N) is 3. The lowest BCUT2D eigenvalue weighted by molar-refractivity contribution is -0.122. The van der Waals surface area contributed by atoms with Gasteiger partial charge >= 0.3 is 0 Å². The number of hydrogen-bond acceptors (Lipinski definition) is 5. The van der Waals surface area contributed by atoms with E-state index in [1.807, 2.05) is 19.1 Å². The number of nitrogens with one attached hydrogen (secondary N) is 3. The van der Waals surface area contributed by atoms with Crippen LogP contribution in [0.25, 0.3) is 11.4 Å². The Bertz CT molecular complexity index is 785. The highest BCUT2D eigenvalue weighted by atomic mass is 35.5. The molecule has 0 spiro atoms. The van der Waals surface area contributed by atoms with Gasteiger partial charge in [0.2, 0.25) is 17.6 Å². The van der Waals surface area contributed by atoms with E-state index in [0.717, 1.165) is 24.9 Å². The first-order valence-electron chi connectivity index (χ1n) is 9.04. The van der Waals surface area contributed by atoms with Crippen LogP contribution in [0, 0.1) is 5.92 Å². The van der Waals surface area contributed by atoms with Crippen molar-refractivity contribution >= 4 is 23.5 Å². The summed E-state index contributed by atoms with van der Waals surface area (Å²) in [6.07, 6.45) is 2.01. The summed E-state index contributed by atoms with van der Waals surface area (Å²) >= 11 is 5.89. The van der Waals surface area contributed by atoms with E-state index in [0.29, 0.717) is 35.8 Å². The van der Waals surface area contributed by atoms with Crippen molar-refractivity contribution in [2.24, 2.45) is 10.9 Å². The standard InChI is InChI=1S/C18H23ClN6O2/c1-2-20-18(22-10-9-21-17(26)13-3-4-13)23-11-15-24-16(25-27-15)12-5-7-14(19)8-6-12/h5-8,13H,2-4,9-11H2,1H3,(H,21,26)(H2,20,22,23). The summed E-state index contributed by atoms with van der Waals surface area (Å²) in [4.78, 5) is 20.4. The molecular formula is C18H23ClN6O2. The smallest absolute Gasteiger partial charge is 0.248 e. The number of benzene rings is 1. The minimum absolute atomic E-state index is 0.138. The highest BCUT2D eigenvalue weighted by Crippen LogP contribution is 2.28. The molecule has 3 N–H and O–H groups in total. The van der Waals surface area contributed by atoms with Gasteiger partial charge in [-0.25, -0.2) is 4.99 Å². The van der Waals surface area contributed by atoms with Crippen molar-refractivity contribution < 1.29 is 9.32 Å². The number of aliphatic imine (C=N–C) groups is 1. The van der Waals surface area contributed by atoms with Crippen LogP contribution in [0.15, 0.2) is 33.8 Å². The number of amides is 1. The van der Waals surface area contributed by atoms with Gasteiger partial charge in [0.25, 0.3) is 0 Å². The molecule has 1 saturated carbocycles. The maximum atomic E-state index is 11.6. The van der Waals surface area contributed by atoms with E-state index in [2.05, 4.69) is 31.1 Å². The number of guanidine groups is 1. The highest BCUT2D eigenvalue weighted by molar-refractivity contribution is 6.30. The molecule has 1 heterocycles. The van der Waals surface area contributed by atoms with E-state index >= 15 is 0 Å². The molecule has 144 valence electrons. The maximum Gasteiger partial charge on any atom is 0.248 e. The summed E-state index contributed by atoms with van der Waals surface area (Å²) < 4.78 is 5.25. The Labute approximate surface area is 162 Å². The Kier molecular flexibility index (Phi) is 6.64. The molecule has 1 aliphatic rings. The molecule has 9 heteroatoms. The zero-order valence-electron chi connectivity index (χ0n) is 15.2. The molecule has 2 aromatic rings. The third-order valence-corrected chi connectivity index (χ3v) is 4.20.